The van der Waals surface area contributed by atoms with E-state index < -0.39 is 10.0 Å². The first-order valence-corrected chi connectivity index (χ1v) is 13.6. The molecule has 0 N–H and O–H groups in total. The maximum atomic E-state index is 13.8. The Morgan fingerprint density at radius 1 is 0.857 bits per heavy atom. The average Bonchev–Trinajstić information content (AvgIpc) is 3.15. The molecule has 35 heavy (non-hydrogen) atoms. The predicted molar refractivity (Wildman–Crippen MR) is 137 cm³/mol. The van der Waals surface area contributed by atoms with E-state index in [4.69, 9.17) is 5.26 Å². The van der Waals surface area contributed by atoms with Gasteiger partial charge in [0.1, 0.15) is 0 Å². The summed E-state index contributed by atoms with van der Waals surface area (Å²) in [6.45, 7) is 4.37. The highest BCUT2D eigenvalue weighted by atomic mass is 32.2. The zero-order valence-corrected chi connectivity index (χ0v) is 21.3. The van der Waals surface area contributed by atoms with Crippen molar-refractivity contribution in [3.63, 3.8) is 0 Å². The Hall–Kier alpha value is -3.09. The Morgan fingerprint density at radius 2 is 1.54 bits per heavy atom. The Morgan fingerprint density at radius 3 is 2.20 bits per heavy atom. The third kappa shape index (κ3) is 5.44. The molecule has 2 aliphatic heterocycles. The number of rotatable bonds is 5. The molecule has 0 saturated carbocycles. The number of benzene rings is 2. The third-order valence-electron chi connectivity index (χ3n) is 6.82. The molecule has 2 saturated heterocycles. The van der Waals surface area contributed by atoms with E-state index in [9.17, 15) is 13.2 Å². The van der Waals surface area contributed by atoms with Crippen molar-refractivity contribution in [3.8, 4) is 6.07 Å². The number of piperidine rings is 1. The topological polar surface area (TPSA) is 88.0 Å². The van der Waals surface area contributed by atoms with Gasteiger partial charge < -0.3 is 14.7 Å². The van der Waals surface area contributed by atoms with E-state index in [1.54, 1.807) is 18.2 Å². The van der Waals surface area contributed by atoms with Crippen molar-refractivity contribution >= 4 is 27.3 Å². The molecule has 2 aromatic rings. The van der Waals surface area contributed by atoms with Gasteiger partial charge in [0.2, 0.25) is 10.0 Å². The summed E-state index contributed by atoms with van der Waals surface area (Å²) in [5, 5.41) is 9.05. The molecule has 2 fully saturated rings. The Bertz CT molecular complexity index is 1200. The van der Waals surface area contributed by atoms with Crippen LogP contribution in [0.15, 0.2) is 47.4 Å². The summed E-state index contributed by atoms with van der Waals surface area (Å²) in [7, 11) is -0.652. The lowest BCUT2D eigenvalue weighted by molar-refractivity contribution is 0.0767. The van der Waals surface area contributed by atoms with Gasteiger partial charge in [0.25, 0.3) is 5.91 Å². The van der Waals surface area contributed by atoms with Crippen LogP contribution in [0.1, 0.15) is 41.6 Å². The van der Waals surface area contributed by atoms with Crippen LogP contribution < -0.4 is 9.80 Å². The van der Waals surface area contributed by atoms with E-state index in [-0.39, 0.29) is 10.8 Å². The van der Waals surface area contributed by atoms with Crippen LogP contribution in [0.2, 0.25) is 0 Å². The minimum Gasteiger partial charge on any atom is -0.371 e. The summed E-state index contributed by atoms with van der Waals surface area (Å²) in [5.41, 5.74) is 2.94. The van der Waals surface area contributed by atoms with E-state index >= 15 is 0 Å². The molecular weight excluding hydrogens is 462 g/mol. The minimum absolute atomic E-state index is 0.122. The molecule has 1 amide bonds. The molecule has 2 aromatic carbocycles. The van der Waals surface area contributed by atoms with Crippen molar-refractivity contribution in [1.82, 2.24) is 9.21 Å². The van der Waals surface area contributed by atoms with Crippen LogP contribution >= 0.6 is 0 Å². The van der Waals surface area contributed by atoms with Crippen molar-refractivity contribution in [3.05, 3.63) is 53.6 Å². The number of anilines is 2. The number of hydrogen-bond acceptors (Lipinski definition) is 6. The molecule has 2 heterocycles. The van der Waals surface area contributed by atoms with Crippen LogP contribution in [0.3, 0.4) is 0 Å². The summed E-state index contributed by atoms with van der Waals surface area (Å²) in [4.78, 5) is 20.3. The summed E-state index contributed by atoms with van der Waals surface area (Å²) in [6.07, 6.45) is 4.11. The molecule has 2 aliphatic rings. The van der Waals surface area contributed by atoms with Crippen molar-refractivity contribution in [1.29, 1.82) is 5.26 Å². The quantitative estimate of drug-likeness (QED) is 0.633. The predicted octanol–water partition coefficient (Wildman–Crippen LogP) is 3.15. The van der Waals surface area contributed by atoms with Crippen LogP contribution in [0.5, 0.6) is 0 Å². The Balaban J connectivity index is 1.60. The van der Waals surface area contributed by atoms with Gasteiger partial charge in [-0.05, 0) is 68.1 Å². The minimum atomic E-state index is -3.66. The lowest BCUT2D eigenvalue weighted by atomic mass is 10.1. The van der Waals surface area contributed by atoms with E-state index in [2.05, 4.69) is 15.9 Å². The highest BCUT2D eigenvalue weighted by molar-refractivity contribution is 7.89. The van der Waals surface area contributed by atoms with Gasteiger partial charge in [0.15, 0.2) is 0 Å². The van der Waals surface area contributed by atoms with E-state index in [0.717, 1.165) is 50.3 Å². The first-order valence-electron chi connectivity index (χ1n) is 12.2. The lowest BCUT2D eigenvalue weighted by Gasteiger charge is -2.32. The fourth-order valence-corrected chi connectivity index (χ4v) is 5.69. The number of sulfonamides is 1. The summed E-state index contributed by atoms with van der Waals surface area (Å²) >= 11 is 0. The fraction of sp³-hybridized carbons (Fsp3) is 0.462. The van der Waals surface area contributed by atoms with Crippen molar-refractivity contribution in [2.45, 2.75) is 30.6 Å². The fourth-order valence-electron chi connectivity index (χ4n) is 4.76. The molecule has 186 valence electrons. The maximum absolute atomic E-state index is 13.8. The molecule has 8 nitrogen and oxygen atoms in total. The molecule has 0 bridgehead atoms. The van der Waals surface area contributed by atoms with Gasteiger partial charge in [0.05, 0.1) is 22.1 Å². The molecule has 9 heteroatoms. The van der Waals surface area contributed by atoms with Crippen LogP contribution in [-0.2, 0) is 10.0 Å². The monoisotopic (exact) mass is 495 g/mol. The zero-order chi connectivity index (χ0) is 25.0. The standard InChI is InChI=1S/C26H33N5O3S/c1-28(2)35(33,34)23-11-12-25(30-13-4-3-5-14-30)24(19-23)26(32)31-16-6-15-29(17-18-31)22-9-7-21(20-27)8-10-22/h7-12,19H,3-6,13-18H2,1-2H3. The van der Waals surface area contributed by atoms with Crippen molar-refractivity contribution < 1.29 is 13.2 Å². The van der Waals surface area contributed by atoms with Gasteiger partial charge in [-0.25, -0.2) is 12.7 Å². The van der Waals surface area contributed by atoms with Gasteiger partial charge in [-0.2, -0.15) is 5.26 Å². The molecule has 0 spiro atoms. The maximum Gasteiger partial charge on any atom is 0.256 e. The van der Waals surface area contributed by atoms with Crippen LogP contribution in [0.4, 0.5) is 11.4 Å². The van der Waals surface area contributed by atoms with Crippen LogP contribution in [0, 0.1) is 11.3 Å². The summed E-state index contributed by atoms with van der Waals surface area (Å²) in [6, 6.07) is 14.6. The van der Waals surface area contributed by atoms with Gasteiger partial charge in [-0.3, -0.25) is 4.79 Å². The second-order valence-corrected chi connectivity index (χ2v) is 11.5. The number of nitriles is 1. The van der Waals surface area contributed by atoms with Gasteiger partial charge in [-0.15, -0.1) is 0 Å². The Labute approximate surface area is 208 Å². The summed E-state index contributed by atoms with van der Waals surface area (Å²) < 4.78 is 26.8. The van der Waals surface area contributed by atoms with Crippen LogP contribution in [-0.4, -0.2) is 76.9 Å². The first-order chi connectivity index (χ1) is 16.8. The van der Waals surface area contributed by atoms with E-state index in [1.165, 1.54) is 24.8 Å². The number of carbonyl (C=O) groups is 1. The second kappa shape index (κ2) is 10.7. The Kier molecular flexibility index (Phi) is 7.63. The largest absolute Gasteiger partial charge is 0.371 e. The molecule has 0 aliphatic carbocycles. The number of nitrogens with zero attached hydrogens (tertiary/aromatic N) is 5. The third-order valence-corrected chi connectivity index (χ3v) is 8.63. The number of amides is 1. The summed E-state index contributed by atoms with van der Waals surface area (Å²) in [5.74, 6) is -0.122. The normalized spacial score (nSPS) is 17.3. The van der Waals surface area contributed by atoms with Gasteiger partial charge >= 0.3 is 0 Å². The SMILES string of the molecule is CN(C)S(=O)(=O)c1ccc(N2CCCCC2)c(C(=O)N2CCCN(c3ccc(C#N)cc3)CC2)c1. The lowest BCUT2D eigenvalue weighted by Crippen LogP contribution is -2.37. The smallest absolute Gasteiger partial charge is 0.256 e. The van der Waals surface area contributed by atoms with Gasteiger partial charge in [0, 0.05) is 64.7 Å². The van der Waals surface area contributed by atoms with E-state index in [0.29, 0.717) is 30.8 Å². The molecule has 0 unspecified atom stereocenters. The molecule has 4 rings (SSSR count). The molecular formula is C26H33N5O3S. The van der Waals surface area contributed by atoms with Crippen LogP contribution in [0.25, 0.3) is 0 Å². The van der Waals surface area contributed by atoms with Crippen molar-refractivity contribution in [2.24, 2.45) is 0 Å². The van der Waals surface area contributed by atoms with Gasteiger partial charge in [-0.1, -0.05) is 0 Å². The highest BCUT2D eigenvalue weighted by Gasteiger charge is 2.28. The molecule has 0 atom stereocenters. The molecule has 0 radical (unpaired) electrons. The van der Waals surface area contributed by atoms with E-state index in [1.807, 2.05) is 29.2 Å². The first kappa shape index (κ1) is 25.0. The number of hydrogen-bond donors (Lipinski definition) is 0. The molecule has 0 aromatic heterocycles. The highest BCUT2D eigenvalue weighted by Crippen LogP contribution is 2.29. The average molecular weight is 496 g/mol. The van der Waals surface area contributed by atoms with Crippen molar-refractivity contribution in [2.75, 3.05) is 63.2 Å². The second-order valence-electron chi connectivity index (χ2n) is 9.31. The zero-order valence-electron chi connectivity index (χ0n) is 20.5. The number of carbonyl (C=O) groups excluding carboxylic acids is 1.